The standard InChI is InChI=1S/C23H22F3N5O2/c24-23(25,26)19-6-8-29-21(32)10-20(30-12-16-9-15(30)13-33-16)28-22(29)31(19)11-14-3-1-5-18-17(14)4-2-7-27-18/h1-5,7,10,15-16,19H,6,8-9,11-13H2/t15-,16-,19-/m0/s1. The molecule has 3 aliphatic heterocycles. The van der Waals surface area contributed by atoms with E-state index in [0.29, 0.717) is 30.0 Å². The van der Waals surface area contributed by atoms with Crippen molar-refractivity contribution in [2.24, 2.45) is 0 Å². The van der Waals surface area contributed by atoms with Gasteiger partial charge in [0.15, 0.2) is 0 Å². The molecule has 10 heteroatoms. The van der Waals surface area contributed by atoms with Gasteiger partial charge in [0, 0.05) is 37.3 Å². The van der Waals surface area contributed by atoms with Crippen LogP contribution in [0.4, 0.5) is 24.9 Å². The van der Waals surface area contributed by atoms with E-state index >= 15 is 0 Å². The van der Waals surface area contributed by atoms with Gasteiger partial charge >= 0.3 is 6.18 Å². The Hall–Kier alpha value is -3.14. The van der Waals surface area contributed by atoms with Gasteiger partial charge in [0.1, 0.15) is 11.9 Å². The average Bonchev–Trinajstić information content (AvgIpc) is 3.43. The van der Waals surface area contributed by atoms with Crippen LogP contribution in [-0.2, 0) is 17.8 Å². The fraction of sp³-hybridized carbons (Fsp3) is 0.435. The van der Waals surface area contributed by atoms with Crippen LogP contribution in [-0.4, -0.2) is 52.1 Å². The number of halogens is 3. The van der Waals surface area contributed by atoms with Crippen molar-refractivity contribution in [2.75, 3.05) is 23.0 Å². The first-order valence-corrected chi connectivity index (χ1v) is 11.0. The molecule has 0 saturated carbocycles. The van der Waals surface area contributed by atoms with Crippen LogP contribution in [0, 0.1) is 0 Å². The third-order valence-electron chi connectivity index (χ3n) is 6.88. The highest BCUT2D eigenvalue weighted by Crippen LogP contribution is 2.37. The largest absolute Gasteiger partial charge is 0.408 e. The van der Waals surface area contributed by atoms with Crippen LogP contribution in [0.25, 0.3) is 10.9 Å². The summed E-state index contributed by atoms with van der Waals surface area (Å²) < 4.78 is 49.4. The number of benzene rings is 1. The summed E-state index contributed by atoms with van der Waals surface area (Å²) in [6.07, 6.45) is -2.08. The minimum atomic E-state index is -4.46. The summed E-state index contributed by atoms with van der Waals surface area (Å²) >= 11 is 0. The van der Waals surface area contributed by atoms with Crippen LogP contribution in [0.1, 0.15) is 18.4 Å². The molecule has 6 rings (SSSR count). The van der Waals surface area contributed by atoms with E-state index in [1.54, 1.807) is 24.4 Å². The third-order valence-corrected chi connectivity index (χ3v) is 6.88. The molecule has 0 radical (unpaired) electrons. The smallest absolute Gasteiger partial charge is 0.374 e. The predicted octanol–water partition coefficient (Wildman–Crippen LogP) is 3.11. The van der Waals surface area contributed by atoms with Crippen molar-refractivity contribution < 1.29 is 17.9 Å². The van der Waals surface area contributed by atoms with Crippen molar-refractivity contribution in [2.45, 2.75) is 50.3 Å². The molecule has 0 amide bonds. The van der Waals surface area contributed by atoms with Gasteiger partial charge in [0.2, 0.25) is 5.95 Å². The number of alkyl halides is 3. The summed E-state index contributed by atoms with van der Waals surface area (Å²) in [5, 5.41) is 0.783. The van der Waals surface area contributed by atoms with Gasteiger partial charge in [-0.05, 0) is 30.5 Å². The van der Waals surface area contributed by atoms with Gasteiger partial charge in [0.25, 0.3) is 5.56 Å². The van der Waals surface area contributed by atoms with Crippen molar-refractivity contribution in [3.05, 3.63) is 58.5 Å². The summed E-state index contributed by atoms with van der Waals surface area (Å²) in [7, 11) is 0. The molecule has 172 valence electrons. The lowest BCUT2D eigenvalue weighted by molar-refractivity contribution is -0.153. The zero-order valence-corrected chi connectivity index (χ0v) is 17.7. The molecule has 2 fully saturated rings. The second-order valence-electron chi connectivity index (χ2n) is 8.86. The van der Waals surface area contributed by atoms with Crippen LogP contribution in [0.3, 0.4) is 0 Å². The van der Waals surface area contributed by atoms with E-state index in [1.165, 1.54) is 15.5 Å². The van der Waals surface area contributed by atoms with Crippen LogP contribution >= 0.6 is 0 Å². The summed E-state index contributed by atoms with van der Waals surface area (Å²) in [5.74, 6) is 0.491. The first kappa shape index (κ1) is 20.5. The van der Waals surface area contributed by atoms with E-state index in [4.69, 9.17) is 4.74 Å². The van der Waals surface area contributed by atoms with Gasteiger partial charge in [-0.1, -0.05) is 18.2 Å². The molecule has 0 spiro atoms. The van der Waals surface area contributed by atoms with Crippen molar-refractivity contribution in [3.8, 4) is 0 Å². The second-order valence-corrected chi connectivity index (χ2v) is 8.86. The highest BCUT2D eigenvalue weighted by molar-refractivity contribution is 5.82. The van der Waals surface area contributed by atoms with E-state index in [9.17, 15) is 18.0 Å². The fourth-order valence-corrected chi connectivity index (χ4v) is 5.30. The Labute approximate surface area is 187 Å². The topological polar surface area (TPSA) is 63.5 Å². The zero-order chi connectivity index (χ0) is 22.7. The van der Waals surface area contributed by atoms with Crippen molar-refractivity contribution in [1.29, 1.82) is 0 Å². The molecular weight excluding hydrogens is 435 g/mol. The minimum Gasteiger partial charge on any atom is -0.374 e. The van der Waals surface area contributed by atoms with Gasteiger partial charge < -0.3 is 14.5 Å². The molecule has 2 aromatic heterocycles. The quantitative estimate of drug-likeness (QED) is 0.603. The third kappa shape index (κ3) is 3.43. The number of hydrogen-bond donors (Lipinski definition) is 0. The Kier molecular flexibility index (Phi) is 4.62. The molecule has 2 saturated heterocycles. The first-order chi connectivity index (χ1) is 15.9. The lowest BCUT2D eigenvalue weighted by atomic mass is 10.0. The Morgan fingerprint density at radius 2 is 2.06 bits per heavy atom. The predicted molar refractivity (Wildman–Crippen MR) is 116 cm³/mol. The molecule has 5 heterocycles. The number of morpholine rings is 1. The Morgan fingerprint density at radius 3 is 2.82 bits per heavy atom. The van der Waals surface area contributed by atoms with Crippen LogP contribution in [0.2, 0.25) is 0 Å². The van der Waals surface area contributed by atoms with E-state index in [2.05, 4.69) is 9.97 Å². The number of aromatic nitrogens is 3. The Balaban J connectivity index is 1.46. The molecule has 0 N–H and O–H groups in total. The van der Waals surface area contributed by atoms with Crippen LogP contribution < -0.4 is 15.4 Å². The molecule has 2 bridgehead atoms. The van der Waals surface area contributed by atoms with Crippen molar-refractivity contribution in [1.82, 2.24) is 14.5 Å². The highest BCUT2D eigenvalue weighted by Gasteiger charge is 2.47. The molecule has 3 atom stereocenters. The van der Waals surface area contributed by atoms with Crippen molar-refractivity contribution in [3.63, 3.8) is 0 Å². The number of anilines is 2. The summed E-state index contributed by atoms with van der Waals surface area (Å²) in [5.41, 5.74) is 1.09. The minimum absolute atomic E-state index is 0.0195. The molecule has 33 heavy (non-hydrogen) atoms. The van der Waals surface area contributed by atoms with E-state index in [1.807, 2.05) is 17.0 Å². The molecule has 0 aliphatic carbocycles. The Morgan fingerprint density at radius 1 is 1.18 bits per heavy atom. The zero-order valence-electron chi connectivity index (χ0n) is 17.7. The fourth-order valence-electron chi connectivity index (χ4n) is 5.30. The van der Waals surface area contributed by atoms with Gasteiger partial charge in [-0.25, -0.2) is 0 Å². The lowest BCUT2D eigenvalue weighted by Crippen LogP contribution is -2.52. The normalized spacial score (nSPS) is 24.5. The van der Waals surface area contributed by atoms with Gasteiger partial charge in [-0.2, -0.15) is 18.2 Å². The summed E-state index contributed by atoms with van der Waals surface area (Å²) in [4.78, 5) is 25.2. The van der Waals surface area contributed by atoms with Crippen LogP contribution in [0.15, 0.2) is 47.4 Å². The van der Waals surface area contributed by atoms with E-state index in [0.717, 1.165) is 11.8 Å². The number of pyridine rings is 1. The molecule has 3 aromatic rings. The monoisotopic (exact) mass is 457 g/mol. The summed E-state index contributed by atoms with van der Waals surface area (Å²) in [6, 6.07) is 8.84. The maximum atomic E-state index is 14.1. The number of fused-ring (bicyclic) bond motifs is 4. The molecule has 7 nitrogen and oxygen atoms in total. The molecule has 1 aromatic carbocycles. The van der Waals surface area contributed by atoms with Crippen molar-refractivity contribution >= 4 is 22.7 Å². The maximum absolute atomic E-state index is 14.1. The Bertz CT molecular complexity index is 1270. The van der Waals surface area contributed by atoms with Gasteiger partial charge in [-0.15, -0.1) is 0 Å². The number of rotatable bonds is 3. The van der Waals surface area contributed by atoms with E-state index in [-0.39, 0.29) is 43.2 Å². The molecule has 3 aliphatic rings. The lowest BCUT2D eigenvalue weighted by Gasteiger charge is -2.40. The number of ether oxygens (including phenoxy) is 1. The summed E-state index contributed by atoms with van der Waals surface area (Å²) in [6.45, 7) is 1.09. The molecule has 0 unspecified atom stereocenters. The first-order valence-electron chi connectivity index (χ1n) is 11.0. The highest BCUT2D eigenvalue weighted by atomic mass is 19.4. The molecular formula is C23H22F3N5O2. The average molecular weight is 457 g/mol. The van der Waals surface area contributed by atoms with E-state index < -0.39 is 12.2 Å². The number of nitrogens with zero attached hydrogens (tertiary/aromatic N) is 5. The number of hydrogen-bond acceptors (Lipinski definition) is 6. The van der Waals surface area contributed by atoms with Gasteiger partial charge in [0.05, 0.1) is 24.3 Å². The van der Waals surface area contributed by atoms with Gasteiger partial charge in [-0.3, -0.25) is 14.3 Å². The maximum Gasteiger partial charge on any atom is 0.408 e. The SMILES string of the molecule is O=c1cc(N2C[C@@H]3C[C@H]2CO3)nc2n1CC[C@@H](C(F)(F)F)N2Cc1cccc2ncccc12. The second kappa shape index (κ2) is 7.44. The van der Waals surface area contributed by atoms with Crippen LogP contribution in [0.5, 0.6) is 0 Å².